The molecule has 0 unspecified atom stereocenters. The van der Waals surface area contributed by atoms with E-state index in [0.717, 1.165) is 33.8 Å². The van der Waals surface area contributed by atoms with E-state index in [4.69, 9.17) is 18.9 Å². The van der Waals surface area contributed by atoms with Gasteiger partial charge in [0.25, 0.3) is 0 Å². The molecule has 1 aliphatic rings. The predicted molar refractivity (Wildman–Crippen MR) is 104 cm³/mol. The lowest BCUT2D eigenvalue weighted by molar-refractivity contribution is -0.129. The molecule has 0 aliphatic carbocycles. The van der Waals surface area contributed by atoms with Crippen LogP contribution in [0.15, 0.2) is 72.8 Å². The van der Waals surface area contributed by atoms with Gasteiger partial charge in [0.2, 0.25) is 5.79 Å². The van der Waals surface area contributed by atoms with Crippen LogP contribution in [0, 0.1) is 0 Å². The molecular weight excluding hydrogens is 340 g/mol. The second-order valence-corrected chi connectivity index (χ2v) is 6.35. The van der Waals surface area contributed by atoms with E-state index < -0.39 is 5.79 Å². The van der Waals surface area contributed by atoms with Crippen molar-refractivity contribution in [3.05, 3.63) is 83.9 Å². The maximum Gasteiger partial charge on any atom is 0.222 e. The molecule has 1 fully saturated rings. The molecule has 138 valence electrons. The average molecular weight is 362 g/mol. The third kappa shape index (κ3) is 3.29. The van der Waals surface area contributed by atoms with E-state index in [1.807, 2.05) is 36.4 Å². The molecule has 4 heteroatoms. The maximum absolute atomic E-state index is 6.08. The van der Waals surface area contributed by atoms with Crippen molar-refractivity contribution in [3.63, 3.8) is 0 Å². The summed E-state index contributed by atoms with van der Waals surface area (Å²) >= 11 is 0. The zero-order valence-electron chi connectivity index (χ0n) is 15.5. The van der Waals surface area contributed by atoms with Crippen LogP contribution >= 0.6 is 0 Å². The summed E-state index contributed by atoms with van der Waals surface area (Å²) in [7, 11) is 3.33. The van der Waals surface area contributed by atoms with Crippen LogP contribution < -0.4 is 9.47 Å². The lowest BCUT2D eigenvalue weighted by Crippen LogP contribution is -2.28. The molecule has 1 heterocycles. The second-order valence-electron chi connectivity index (χ2n) is 6.35. The van der Waals surface area contributed by atoms with Crippen LogP contribution in [0.3, 0.4) is 0 Å². The predicted octanol–water partition coefficient (Wildman–Crippen LogP) is 4.62. The quantitative estimate of drug-likeness (QED) is 0.664. The highest BCUT2D eigenvalue weighted by molar-refractivity contribution is 5.64. The fraction of sp³-hybridized carbons (Fsp3) is 0.217. The number of methoxy groups -OCH3 is 2. The Labute approximate surface area is 159 Å². The van der Waals surface area contributed by atoms with E-state index in [1.165, 1.54) is 0 Å². The Balaban J connectivity index is 1.66. The standard InChI is InChI=1S/C23H22O4/c1-24-21-11-5-18(6-12-21)17-3-7-19(8-4-17)23(26-15-16-27-23)20-9-13-22(25-2)14-10-20/h3-14H,15-16H2,1-2H3. The topological polar surface area (TPSA) is 36.9 Å². The van der Waals surface area contributed by atoms with Crippen LogP contribution in [0.25, 0.3) is 11.1 Å². The van der Waals surface area contributed by atoms with Crippen LogP contribution in [0.1, 0.15) is 11.1 Å². The summed E-state index contributed by atoms with van der Waals surface area (Å²) in [6.45, 7) is 1.12. The number of hydrogen-bond acceptors (Lipinski definition) is 4. The van der Waals surface area contributed by atoms with Crippen molar-refractivity contribution in [1.29, 1.82) is 0 Å². The molecule has 0 amide bonds. The molecule has 1 saturated heterocycles. The first-order chi connectivity index (χ1) is 13.2. The SMILES string of the molecule is COc1ccc(-c2ccc(C3(c4ccc(OC)cc4)OCCO3)cc2)cc1. The van der Waals surface area contributed by atoms with Crippen LogP contribution in [-0.4, -0.2) is 27.4 Å². The number of benzene rings is 3. The molecule has 1 aliphatic heterocycles. The van der Waals surface area contributed by atoms with Gasteiger partial charge in [-0.2, -0.15) is 0 Å². The summed E-state index contributed by atoms with van der Waals surface area (Å²) in [5.41, 5.74) is 4.19. The molecule has 27 heavy (non-hydrogen) atoms. The Kier molecular flexibility index (Phi) is 4.84. The average Bonchev–Trinajstić information content (AvgIpc) is 3.25. The van der Waals surface area contributed by atoms with E-state index in [1.54, 1.807) is 14.2 Å². The molecule has 0 aromatic heterocycles. The van der Waals surface area contributed by atoms with Gasteiger partial charge in [0.1, 0.15) is 11.5 Å². The van der Waals surface area contributed by atoms with Gasteiger partial charge < -0.3 is 18.9 Å². The van der Waals surface area contributed by atoms with Gasteiger partial charge in [0.15, 0.2) is 0 Å². The Morgan fingerprint density at radius 3 is 1.41 bits per heavy atom. The Morgan fingerprint density at radius 2 is 0.963 bits per heavy atom. The van der Waals surface area contributed by atoms with Crippen molar-refractivity contribution in [2.24, 2.45) is 0 Å². The van der Waals surface area contributed by atoms with Crippen LogP contribution in [0.2, 0.25) is 0 Å². The smallest absolute Gasteiger partial charge is 0.222 e. The van der Waals surface area contributed by atoms with Crippen molar-refractivity contribution < 1.29 is 18.9 Å². The highest BCUT2D eigenvalue weighted by Gasteiger charge is 2.40. The summed E-state index contributed by atoms with van der Waals surface area (Å²) in [4.78, 5) is 0. The van der Waals surface area contributed by atoms with Crippen molar-refractivity contribution in [3.8, 4) is 22.6 Å². The molecule has 3 aromatic carbocycles. The molecule has 0 bridgehead atoms. The molecular formula is C23H22O4. The van der Waals surface area contributed by atoms with Crippen LogP contribution in [-0.2, 0) is 15.3 Å². The lowest BCUT2D eigenvalue weighted by atomic mass is 9.95. The minimum absolute atomic E-state index is 0.562. The normalized spacial score (nSPS) is 15.5. The largest absolute Gasteiger partial charge is 0.497 e. The Hall–Kier alpha value is -2.82. The van der Waals surface area contributed by atoms with E-state index >= 15 is 0 Å². The first-order valence-corrected chi connectivity index (χ1v) is 8.92. The monoisotopic (exact) mass is 362 g/mol. The van der Waals surface area contributed by atoms with Crippen molar-refractivity contribution in [1.82, 2.24) is 0 Å². The van der Waals surface area contributed by atoms with Gasteiger partial charge in [-0.25, -0.2) is 0 Å². The Bertz CT molecular complexity index is 877. The lowest BCUT2D eigenvalue weighted by Gasteiger charge is -2.28. The number of hydrogen-bond donors (Lipinski definition) is 0. The molecule has 4 rings (SSSR count). The number of rotatable bonds is 5. The zero-order chi connectivity index (χ0) is 18.7. The minimum atomic E-state index is -0.870. The summed E-state index contributed by atoms with van der Waals surface area (Å²) in [5.74, 6) is 0.786. The van der Waals surface area contributed by atoms with E-state index in [0.29, 0.717) is 13.2 Å². The fourth-order valence-corrected chi connectivity index (χ4v) is 3.39. The highest BCUT2D eigenvalue weighted by Crippen LogP contribution is 2.39. The van der Waals surface area contributed by atoms with Crippen molar-refractivity contribution in [2.45, 2.75) is 5.79 Å². The Morgan fingerprint density at radius 1 is 0.593 bits per heavy atom. The molecule has 4 nitrogen and oxygen atoms in total. The van der Waals surface area contributed by atoms with Crippen molar-refractivity contribution >= 4 is 0 Å². The van der Waals surface area contributed by atoms with Gasteiger partial charge >= 0.3 is 0 Å². The minimum Gasteiger partial charge on any atom is -0.497 e. The molecule has 0 radical (unpaired) electrons. The van der Waals surface area contributed by atoms with Gasteiger partial charge in [-0.3, -0.25) is 0 Å². The summed E-state index contributed by atoms with van der Waals surface area (Å²) in [6.07, 6.45) is 0. The first kappa shape index (κ1) is 17.6. The molecule has 0 spiro atoms. The fourth-order valence-electron chi connectivity index (χ4n) is 3.39. The molecule has 0 N–H and O–H groups in total. The highest BCUT2D eigenvalue weighted by atomic mass is 16.7. The zero-order valence-corrected chi connectivity index (χ0v) is 15.5. The third-order valence-electron chi connectivity index (χ3n) is 4.85. The second kappa shape index (κ2) is 7.43. The van der Waals surface area contributed by atoms with Gasteiger partial charge in [-0.1, -0.05) is 36.4 Å². The van der Waals surface area contributed by atoms with Gasteiger partial charge in [0.05, 0.1) is 27.4 Å². The van der Waals surface area contributed by atoms with Gasteiger partial charge in [-0.05, 0) is 47.5 Å². The first-order valence-electron chi connectivity index (χ1n) is 8.92. The van der Waals surface area contributed by atoms with Gasteiger partial charge in [-0.15, -0.1) is 0 Å². The maximum atomic E-state index is 6.08. The van der Waals surface area contributed by atoms with E-state index in [9.17, 15) is 0 Å². The van der Waals surface area contributed by atoms with Gasteiger partial charge in [0, 0.05) is 11.1 Å². The van der Waals surface area contributed by atoms with Crippen LogP contribution in [0.5, 0.6) is 11.5 Å². The summed E-state index contributed by atoms with van der Waals surface area (Å²) < 4.78 is 22.7. The van der Waals surface area contributed by atoms with E-state index in [-0.39, 0.29) is 0 Å². The summed E-state index contributed by atoms with van der Waals surface area (Å²) in [5, 5.41) is 0. The van der Waals surface area contributed by atoms with E-state index in [2.05, 4.69) is 36.4 Å². The molecule has 3 aromatic rings. The molecule has 0 atom stereocenters. The summed E-state index contributed by atoms with van der Waals surface area (Å²) in [6, 6.07) is 24.2. The molecule has 0 saturated carbocycles. The van der Waals surface area contributed by atoms with Crippen LogP contribution in [0.4, 0.5) is 0 Å². The number of ether oxygens (including phenoxy) is 4. The third-order valence-corrected chi connectivity index (χ3v) is 4.85. The van der Waals surface area contributed by atoms with Crippen molar-refractivity contribution in [2.75, 3.05) is 27.4 Å².